The number of hydrogen-bond acceptors (Lipinski definition) is 6. The van der Waals surface area contributed by atoms with E-state index < -0.39 is 0 Å². The van der Waals surface area contributed by atoms with E-state index in [0.29, 0.717) is 35.6 Å². The Morgan fingerprint density at radius 3 is 2.70 bits per heavy atom. The van der Waals surface area contributed by atoms with Gasteiger partial charge in [-0.1, -0.05) is 37.3 Å². The number of nitrogens with zero attached hydrogens (tertiary/aromatic N) is 2. The van der Waals surface area contributed by atoms with Crippen LogP contribution in [-0.2, 0) is 11.3 Å². The summed E-state index contributed by atoms with van der Waals surface area (Å²) < 4.78 is 15.8. The SMILES string of the molecule is COc1ccc(-c2noc(CNC(=O)CCC3CCCCC3)n2)cc1OC. The molecule has 1 fully saturated rings. The molecule has 0 unspecified atom stereocenters. The van der Waals surface area contributed by atoms with E-state index in [4.69, 9.17) is 14.0 Å². The molecule has 1 aromatic heterocycles. The number of carbonyl (C=O) groups excluding carboxylic acids is 1. The van der Waals surface area contributed by atoms with Crippen molar-refractivity contribution in [2.45, 2.75) is 51.5 Å². The molecule has 1 N–H and O–H groups in total. The lowest BCUT2D eigenvalue weighted by molar-refractivity contribution is -0.121. The van der Waals surface area contributed by atoms with Crippen LogP contribution in [0.2, 0.25) is 0 Å². The molecule has 0 atom stereocenters. The molecule has 7 heteroatoms. The van der Waals surface area contributed by atoms with Crippen LogP contribution in [0.15, 0.2) is 22.7 Å². The minimum absolute atomic E-state index is 0.0337. The topological polar surface area (TPSA) is 86.5 Å². The van der Waals surface area contributed by atoms with E-state index in [1.165, 1.54) is 32.1 Å². The molecular formula is C20H27N3O4. The fourth-order valence-corrected chi connectivity index (χ4v) is 3.49. The van der Waals surface area contributed by atoms with E-state index in [0.717, 1.165) is 12.0 Å². The lowest BCUT2D eigenvalue weighted by Gasteiger charge is -2.20. The highest BCUT2D eigenvalue weighted by Crippen LogP contribution is 2.31. The Labute approximate surface area is 159 Å². The van der Waals surface area contributed by atoms with E-state index in [1.807, 2.05) is 6.07 Å². The maximum Gasteiger partial charge on any atom is 0.246 e. The van der Waals surface area contributed by atoms with Gasteiger partial charge in [-0.25, -0.2) is 0 Å². The predicted molar refractivity (Wildman–Crippen MR) is 100 cm³/mol. The molecule has 0 radical (unpaired) electrons. The van der Waals surface area contributed by atoms with Gasteiger partial charge in [0, 0.05) is 12.0 Å². The van der Waals surface area contributed by atoms with E-state index in [1.54, 1.807) is 26.4 Å². The van der Waals surface area contributed by atoms with Crippen molar-refractivity contribution >= 4 is 5.91 Å². The van der Waals surface area contributed by atoms with Crippen LogP contribution in [0.1, 0.15) is 50.8 Å². The highest BCUT2D eigenvalue weighted by Gasteiger charge is 2.16. The van der Waals surface area contributed by atoms with Crippen LogP contribution >= 0.6 is 0 Å². The summed E-state index contributed by atoms with van der Waals surface area (Å²) in [6, 6.07) is 5.41. The fourth-order valence-electron chi connectivity index (χ4n) is 3.49. The summed E-state index contributed by atoms with van der Waals surface area (Å²) in [7, 11) is 3.16. The number of carbonyl (C=O) groups is 1. The first-order chi connectivity index (χ1) is 13.2. The summed E-state index contributed by atoms with van der Waals surface area (Å²) in [4.78, 5) is 16.4. The van der Waals surface area contributed by atoms with Crippen LogP contribution in [0, 0.1) is 5.92 Å². The molecule has 27 heavy (non-hydrogen) atoms. The summed E-state index contributed by atoms with van der Waals surface area (Å²) in [6.07, 6.45) is 7.97. The van der Waals surface area contributed by atoms with Crippen molar-refractivity contribution in [2.24, 2.45) is 5.92 Å². The van der Waals surface area contributed by atoms with Gasteiger partial charge in [0.15, 0.2) is 11.5 Å². The molecule has 1 aliphatic rings. The molecule has 3 rings (SSSR count). The maximum atomic E-state index is 12.1. The molecule has 1 aliphatic carbocycles. The van der Waals surface area contributed by atoms with E-state index in [2.05, 4.69) is 15.5 Å². The van der Waals surface area contributed by atoms with Gasteiger partial charge in [0.1, 0.15) is 0 Å². The molecular weight excluding hydrogens is 346 g/mol. The molecule has 0 bridgehead atoms. The van der Waals surface area contributed by atoms with Crippen LogP contribution < -0.4 is 14.8 Å². The zero-order chi connectivity index (χ0) is 19.1. The number of methoxy groups -OCH3 is 2. The molecule has 2 aromatic rings. The number of nitrogens with one attached hydrogen (secondary N) is 1. The van der Waals surface area contributed by atoms with Crippen molar-refractivity contribution in [3.63, 3.8) is 0 Å². The third-order valence-corrected chi connectivity index (χ3v) is 5.05. The number of benzene rings is 1. The Balaban J connectivity index is 1.51. The van der Waals surface area contributed by atoms with Crippen LogP contribution in [0.25, 0.3) is 11.4 Å². The third kappa shape index (κ3) is 5.21. The molecule has 0 saturated heterocycles. The number of ether oxygens (including phenoxy) is 2. The smallest absolute Gasteiger partial charge is 0.246 e. The zero-order valence-corrected chi connectivity index (χ0v) is 16.0. The quantitative estimate of drug-likeness (QED) is 0.759. The van der Waals surface area contributed by atoms with Crippen molar-refractivity contribution in [1.82, 2.24) is 15.5 Å². The molecule has 0 spiro atoms. The second-order valence-corrected chi connectivity index (χ2v) is 6.90. The van der Waals surface area contributed by atoms with E-state index in [9.17, 15) is 4.79 Å². The summed E-state index contributed by atoms with van der Waals surface area (Å²) in [5.41, 5.74) is 0.756. The first kappa shape index (κ1) is 19.2. The second kappa shape index (κ2) is 9.39. The van der Waals surface area contributed by atoms with Crippen molar-refractivity contribution < 1.29 is 18.8 Å². The van der Waals surface area contributed by atoms with Gasteiger partial charge in [-0.3, -0.25) is 4.79 Å². The normalized spacial score (nSPS) is 14.7. The van der Waals surface area contributed by atoms with Gasteiger partial charge >= 0.3 is 0 Å². The summed E-state index contributed by atoms with van der Waals surface area (Å²) in [5, 5.41) is 6.85. The summed E-state index contributed by atoms with van der Waals surface area (Å²) in [6.45, 7) is 0.240. The van der Waals surface area contributed by atoms with Crippen molar-refractivity contribution in [2.75, 3.05) is 14.2 Å². The van der Waals surface area contributed by atoms with Crippen molar-refractivity contribution in [3.05, 3.63) is 24.1 Å². The summed E-state index contributed by atoms with van der Waals surface area (Å²) >= 11 is 0. The minimum atomic E-state index is 0.0337. The number of aromatic nitrogens is 2. The Morgan fingerprint density at radius 2 is 1.96 bits per heavy atom. The van der Waals surface area contributed by atoms with Gasteiger partial charge in [0.2, 0.25) is 17.6 Å². The first-order valence-electron chi connectivity index (χ1n) is 9.51. The maximum absolute atomic E-state index is 12.1. The third-order valence-electron chi connectivity index (χ3n) is 5.05. The largest absolute Gasteiger partial charge is 0.493 e. The lowest BCUT2D eigenvalue weighted by Crippen LogP contribution is -2.23. The molecule has 146 valence electrons. The lowest BCUT2D eigenvalue weighted by atomic mass is 9.86. The standard InChI is InChI=1S/C20H27N3O4/c1-25-16-10-9-15(12-17(16)26-2)20-22-19(27-23-20)13-21-18(24)11-8-14-6-4-3-5-7-14/h9-10,12,14H,3-8,11,13H2,1-2H3,(H,21,24). The Morgan fingerprint density at radius 1 is 1.19 bits per heavy atom. The first-order valence-corrected chi connectivity index (χ1v) is 9.51. The molecule has 7 nitrogen and oxygen atoms in total. The van der Waals surface area contributed by atoms with Gasteiger partial charge in [-0.2, -0.15) is 4.98 Å². The van der Waals surface area contributed by atoms with Crippen LogP contribution in [-0.4, -0.2) is 30.3 Å². The van der Waals surface area contributed by atoms with Crippen LogP contribution in [0.4, 0.5) is 0 Å². The van der Waals surface area contributed by atoms with Gasteiger partial charge in [0.05, 0.1) is 20.8 Å². The zero-order valence-electron chi connectivity index (χ0n) is 16.0. The van der Waals surface area contributed by atoms with Crippen molar-refractivity contribution in [3.8, 4) is 22.9 Å². The van der Waals surface area contributed by atoms with E-state index >= 15 is 0 Å². The number of amides is 1. The molecule has 1 saturated carbocycles. The van der Waals surface area contributed by atoms with Crippen LogP contribution in [0.3, 0.4) is 0 Å². The molecule has 1 amide bonds. The molecule has 0 aliphatic heterocycles. The fraction of sp³-hybridized carbons (Fsp3) is 0.550. The Kier molecular flexibility index (Phi) is 6.68. The molecule has 1 heterocycles. The number of hydrogen-bond donors (Lipinski definition) is 1. The highest BCUT2D eigenvalue weighted by molar-refractivity contribution is 5.75. The average molecular weight is 373 g/mol. The Hall–Kier alpha value is -2.57. The van der Waals surface area contributed by atoms with Gasteiger partial charge in [-0.05, 0) is 30.5 Å². The second-order valence-electron chi connectivity index (χ2n) is 6.90. The Bertz CT molecular complexity index is 753. The van der Waals surface area contributed by atoms with Gasteiger partial charge in [0.25, 0.3) is 0 Å². The van der Waals surface area contributed by atoms with Crippen molar-refractivity contribution in [1.29, 1.82) is 0 Å². The minimum Gasteiger partial charge on any atom is -0.493 e. The van der Waals surface area contributed by atoms with Crippen LogP contribution in [0.5, 0.6) is 11.5 Å². The average Bonchev–Trinajstić information content (AvgIpc) is 3.20. The van der Waals surface area contributed by atoms with Gasteiger partial charge < -0.3 is 19.3 Å². The number of rotatable bonds is 8. The highest BCUT2D eigenvalue weighted by atomic mass is 16.5. The monoisotopic (exact) mass is 373 g/mol. The molecule has 1 aromatic carbocycles. The van der Waals surface area contributed by atoms with E-state index in [-0.39, 0.29) is 12.5 Å². The van der Waals surface area contributed by atoms with Gasteiger partial charge in [-0.15, -0.1) is 0 Å². The predicted octanol–water partition coefficient (Wildman–Crippen LogP) is 3.73. The summed E-state index contributed by atoms with van der Waals surface area (Å²) in [5.74, 6) is 2.79.